The molecule has 3 heterocycles. The third-order valence-corrected chi connectivity index (χ3v) is 6.03. The third kappa shape index (κ3) is 3.54. The van der Waals surface area contributed by atoms with E-state index in [0.717, 1.165) is 27.9 Å². The maximum Gasteiger partial charge on any atom is 0.293 e. The number of aromatic nitrogens is 5. The van der Waals surface area contributed by atoms with Gasteiger partial charge in [-0.3, -0.25) is 4.79 Å². The molecular formula is C27H18ClN5O. The van der Waals surface area contributed by atoms with Gasteiger partial charge in [0.15, 0.2) is 0 Å². The molecule has 0 aliphatic rings. The number of hydrogen-bond acceptors (Lipinski definition) is 4. The van der Waals surface area contributed by atoms with E-state index in [2.05, 4.69) is 4.98 Å². The van der Waals surface area contributed by atoms with Crippen molar-refractivity contribution < 1.29 is 0 Å². The van der Waals surface area contributed by atoms with Crippen molar-refractivity contribution in [3.8, 4) is 22.5 Å². The Balaban J connectivity index is 1.65. The van der Waals surface area contributed by atoms with Gasteiger partial charge in [-0.2, -0.15) is 10.2 Å². The molecule has 0 N–H and O–H groups in total. The molecule has 6 aromatic rings. The van der Waals surface area contributed by atoms with Crippen LogP contribution >= 0.6 is 11.6 Å². The first kappa shape index (κ1) is 20.3. The molecule has 0 saturated carbocycles. The van der Waals surface area contributed by atoms with Crippen LogP contribution in [0.3, 0.4) is 0 Å². The maximum atomic E-state index is 13.5. The Labute approximate surface area is 199 Å². The molecule has 0 aliphatic carbocycles. The van der Waals surface area contributed by atoms with Crippen LogP contribution in [0.2, 0.25) is 5.02 Å². The van der Waals surface area contributed by atoms with Crippen molar-refractivity contribution in [3.63, 3.8) is 0 Å². The number of rotatable bonds is 4. The van der Waals surface area contributed by atoms with E-state index in [1.165, 1.54) is 4.68 Å². The Hall–Kier alpha value is -4.29. The highest BCUT2D eigenvalue weighted by Crippen LogP contribution is 2.30. The second kappa shape index (κ2) is 8.24. The molecule has 7 heteroatoms. The lowest BCUT2D eigenvalue weighted by Crippen LogP contribution is -2.25. The molecule has 0 bridgehead atoms. The van der Waals surface area contributed by atoms with Gasteiger partial charge in [0.05, 0.1) is 23.1 Å². The van der Waals surface area contributed by atoms with E-state index in [1.807, 2.05) is 91.0 Å². The zero-order valence-corrected chi connectivity index (χ0v) is 18.7. The average Bonchev–Trinajstić information content (AvgIpc) is 3.32. The van der Waals surface area contributed by atoms with E-state index in [-0.39, 0.29) is 5.56 Å². The fourth-order valence-electron chi connectivity index (χ4n) is 4.12. The smallest absolute Gasteiger partial charge is 0.265 e. The van der Waals surface area contributed by atoms with E-state index >= 15 is 0 Å². The summed E-state index contributed by atoms with van der Waals surface area (Å²) >= 11 is 6.15. The van der Waals surface area contributed by atoms with Crippen molar-refractivity contribution in [1.29, 1.82) is 0 Å². The van der Waals surface area contributed by atoms with Crippen LogP contribution in [0, 0.1) is 0 Å². The van der Waals surface area contributed by atoms with Crippen LogP contribution in [-0.4, -0.2) is 24.4 Å². The molecule has 0 saturated heterocycles. The van der Waals surface area contributed by atoms with Gasteiger partial charge >= 0.3 is 0 Å². The van der Waals surface area contributed by atoms with Crippen molar-refractivity contribution >= 4 is 28.0 Å². The molecule has 0 radical (unpaired) electrons. The highest BCUT2D eigenvalue weighted by molar-refractivity contribution is 6.30. The Morgan fingerprint density at radius 2 is 1.50 bits per heavy atom. The quantitative estimate of drug-likeness (QED) is 0.347. The summed E-state index contributed by atoms with van der Waals surface area (Å²) in [6.07, 6.45) is 1.59. The van der Waals surface area contributed by atoms with Crippen LogP contribution in [0.25, 0.3) is 38.9 Å². The number of halogens is 1. The SMILES string of the molecule is O=c1c2ncn3nc(-c4ccccc4)cc3c2c(-c2ccc(Cl)cc2)nn1Cc1ccccc1. The second-order valence-corrected chi connectivity index (χ2v) is 8.43. The molecule has 0 amide bonds. The lowest BCUT2D eigenvalue weighted by atomic mass is 10.1. The molecule has 6 rings (SSSR count). The summed E-state index contributed by atoms with van der Waals surface area (Å²) in [5, 5.41) is 10.8. The Morgan fingerprint density at radius 1 is 0.794 bits per heavy atom. The lowest BCUT2D eigenvalue weighted by Gasteiger charge is -2.12. The first-order valence-corrected chi connectivity index (χ1v) is 11.2. The fourth-order valence-corrected chi connectivity index (χ4v) is 4.25. The van der Waals surface area contributed by atoms with E-state index < -0.39 is 0 Å². The van der Waals surface area contributed by atoms with E-state index in [1.54, 1.807) is 10.8 Å². The molecule has 3 aromatic heterocycles. The lowest BCUT2D eigenvalue weighted by molar-refractivity contribution is 0.649. The van der Waals surface area contributed by atoms with E-state index in [0.29, 0.717) is 28.2 Å². The zero-order valence-electron chi connectivity index (χ0n) is 18.0. The molecule has 0 aliphatic heterocycles. The van der Waals surface area contributed by atoms with Gasteiger partial charge in [-0.15, -0.1) is 0 Å². The minimum atomic E-state index is -0.249. The van der Waals surface area contributed by atoms with Crippen LogP contribution in [0.1, 0.15) is 5.56 Å². The second-order valence-electron chi connectivity index (χ2n) is 8.00. The molecule has 0 fully saturated rings. The van der Waals surface area contributed by atoms with Gasteiger partial charge in [-0.25, -0.2) is 14.2 Å². The van der Waals surface area contributed by atoms with Gasteiger partial charge in [0, 0.05) is 16.1 Å². The summed E-state index contributed by atoms with van der Waals surface area (Å²) in [7, 11) is 0. The summed E-state index contributed by atoms with van der Waals surface area (Å²) < 4.78 is 3.17. The molecule has 6 nitrogen and oxygen atoms in total. The number of benzene rings is 3. The minimum absolute atomic E-state index is 0.249. The molecule has 0 unspecified atom stereocenters. The Morgan fingerprint density at radius 3 is 2.24 bits per heavy atom. The zero-order chi connectivity index (χ0) is 23.1. The fraction of sp³-hybridized carbons (Fsp3) is 0.0370. The monoisotopic (exact) mass is 463 g/mol. The molecule has 3 aromatic carbocycles. The predicted octanol–water partition coefficient (Wildman–Crippen LogP) is 5.47. The highest BCUT2D eigenvalue weighted by Gasteiger charge is 2.19. The van der Waals surface area contributed by atoms with Crippen LogP contribution < -0.4 is 5.56 Å². The van der Waals surface area contributed by atoms with Gasteiger partial charge in [0.2, 0.25) is 0 Å². The summed E-state index contributed by atoms with van der Waals surface area (Å²) in [6, 6.07) is 29.1. The Bertz CT molecular complexity index is 1690. The number of fused-ring (bicyclic) bond motifs is 3. The summed E-state index contributed by atoms with van der Waals surface area (Å²) in [4.78, 5) is 18.0. The first-order valence-electron chi connectivity index (χ1n) is 10.8. The third-order valence-electron chi connectivity index (χ3n) is 5.78. The molecule has 34 heavy (non-hydrogen) atoms. The maximum absolute atomic E-state index is 13.5. The van der Waals surface area contributed by atoms with Crippen molar-refractivity contribution in [2.45, 2.75) is 6.54 Å². The van der Waals surface area contributed by atoms with Gasteiger partial charge in [-0.05, 0) is 23.8 Å². The molecule has 164 valence electrons. The van der Waals surface area contributed by atoms with E-state index in [4.69, 9.17) is 21.8 Å². The van der Waals surface area contributed by atoms with Crippen molar-refractivity contribution in [1.82, 2.24) is 24.4 Å². The van der Waals surface area contributed by atoms with Gasteiger partial charge in [0.1, 0.15) is 17.5 Å². The minimum Gasteiger partial charge on any atom is -0.265 e. The summed E-state index contributed by atoms with van der Waals surface area (Å²) in [5.74, 6) is 0. The van der Waals surface area contributed by atoms with Gasteiger partial charge in [-0.1, -0.05) is 84.4 Å². The molecule has 0 atom stereocenters. The van der Waals surface area contributed by atoms with Gasteiger partial charge < -0.3 is 0 Å². The average molecular weight is 464 g/mol. The van der Waals surface area contributed by atoms with Gasteiger partial charge in [0.25, 0.3) is 5.56 Å². The number of nitrogens with zero attached hydrogens (tertiary/aromatic N) is 5. The molecule has 0 spiro atoms. The standard InChI is InChI=1S/C27H18ClN5O/c28-21-13-11-20(12-14-21)25-24-23-15-22(19-9-5-2-6-10-19)30-33(23)17-29-26(24)27(34)32(31-25)16-18-7-3-1-4-8-18/h1-15,17H,16H2. The largest absolute Gasteiger partial charge is 0.293 e. The Kier molecular flexibility index (Phi) is 4.93. The highest BCUT2D eigenvalue weighted by atomic mass is 35.5. The van der Waals surface area contributed by atoms with E-state index in [9.17, 15) is 4.79 Å². The van der Waals surface area contributed by atoms with Crippen molar-refractivity contribution in [3.05, 3.63) is 118 Å². The summed E-state index contributed by atoms with van der Waals surface area (Å²) in [6.45, 7) is 0.345. The number of hydrogen-bond donors (Lipinski definition) is 0. The van der Waals surface area contributed by atoms with Crippen LogP contribution in [0.15, 0.2) is 102 Å². The summed E-state index contributed by atoms with van der Waals surface area (Å²) in [5.41, 5.74) is 5.13. The first-order chi connectivity index (χ1) is 16.7. The van der Waals surface area contributed by atoms with Crippen LogP contribution in [0.4, 0.5) is 0 Å². The normalized spacial score (nSPS) is 11.3. The molecular weight excluding hydrogens is 446 g/mol. The van der Waals surface area contributed by atoms with Crippen LogP contribution in [-0.2, 0) is 6.54 Å². The van der Waals surface area contributed by atoms with Crippen LogP contribution in [0.5, 0.6) is 0 Å². The van der Waals surface area contributed by atoms with Crippen molar-refractivity contribution in [2.24, 2.45) is 0 Å². The topological polar surface area (TPSA) is 65.1 Å². The van der Waals surface area contributed by atoms with Crippen molar-refractivity contribution in [2.75, 3.05) is 0 Å². The predicted molar refractivity (Wildman–Crippen MR) is 134 cm³/mol.